The molecule has 5 nitrogen and oxygen atoms in total. The van der Waals surface area contributed by atoms with Gasteiger partial charge in [-0.2, -0.15) is 15.4 Å². The Labute approximate surface area is 114 Å². The highest BCUT2D eigenvalue weighted by atomic mass is 35.5. The summed E-state index contributed by atoms with van der Waals surface area (Å²) < 4.78 is 5.86. The van der Waals surface area contributed by atoms with Crippen LogP contribution in [0.1, 0.15) is 24.4 Å². The lowest BCUT2D eigenvalue weighted by Crippen LogP contribution is -2.21. The first-order valence-electron chi connectivity index (χ1n) is 6.06. The molecule has 2 heterocycles. The molecule has 0 bridgehead atoms. The fourth-order valence-electron chi connectivity index (χ4n) is 2.08. The van der Waals surface area contributed by atoms with E-state index in [9.17, 15) is 0 Å². The van der Waals surface area contributed by atoms with E-state index in [-0.39, 0.29) is 6.04 Å². The van der Waals surface area contributed by atoms with E-state index in [4.69, 9.17) is 16.0 Å². The summed E-state index contributed by atoms with van der Waals surface area (Å²) in [6.07, 6.45) is 1.69. The van der Waals surface area contributed by atoms with Crippen molar-refractivity contribution in [2.45, 2.75) is 13.0 Å². The van der Waals surface area contributed by atoms with Crippen molar-refractivity contribution >= 4 is 22.6 Å². The number of hydrogen-bond donors (Lipinski definition) is 2. The smallest absolute Gasteiger partial charge is 0.134 e. The van der Waals surface area contributed by atoms with E-state index in [0.717, 1.165) is 29.0 Å². The number of H-pyrrole nitrogens is 1. The third kappa shape index (κ3) is 2.34. The molecule has 98 valence electrons. The van der Waals surface area contributed by atoms with E-state index in [1.165, 1.54) is 0 Å². The van der Waals surface area contributed by atoms with Crippen LogP contribution < -0.4 is 5.32 Å². The van der Waals surface area contributed by atoms with Crippen LogP contribution in [0.15, 0.2) is 34.9 Å². The van der Waals surface area contributed by atoms with E-state index in [0.29, 0.717) is 5.02 Å². The van der Waals surface area contributed by atoms with Gasteiger partial charge in [-0.25, -0.2) is 0 Å². The lowest BCUT2D eigenvalue weighted by atomic mass is 10.1. The number of hydrogen-bond acceptors (Lipinski definition) is 4. The summed E-state index contributed by atoms with van der Waals surface area (Å²) in [5.74, 6) is 0.799. The van der Waals surface area contributed by atoms with Crippen LogP contribution in [0.25, 0.3) is 11.0 Å². The van der Waals surface area contributed by atoms with E-state index < -0.39 is 0 Å². The number of furan rings is 1. The second kappa shape index (κ2) is 5.03. The van der Waals surface area contributed by atoms with Crippen LogP contribution in [0.2, 0.25) is 5.02 Å². The van der Waals surface area contributed by atoms with Crippen molar-refractivity contribution in [1.82, 2.24) is 20.7 Å². The molecule has 0 saturated carbocycles. The Morgan fingerprint density at radius 3 is 3.05 bits per heavy atom. The van der Waals surface area contributed by atoms with Crippen LogP contribution in [0.5, 0.6) is 0 Å². The summed E-state index contributed by atoms with van der Waals surface area (Å²) >= 11 is 5.98. The van der Waals surface area contributed by atoms with Gasteiger partial charge in [-0.05, 0) is 30.8 Å². The van der Waals surface area contributed by atoms with E-state index in [1.54, 1.807) is 6.20 Å². The van der Waals surface area contributed by atoms with Gasteiger partial charge < -0.3 is 9.73 Å². The highest BCUT2D eigenvalue weighted by molar-refractivity contribution is 6.31. The van der Waals surface area contributed by atoms with Gasteiger partial charge in [-0.1, -0.05) is 18.5 Å². The Kier molecular flexibility index (Phi) is 3.23. The number of benzene rings is 1. The van der Waals surface area contributed by atoms with Crippen LogP contribution in [-0.4, -0.2) is 22.0 Å². The van der Waals surface area contributed by atoms with Gasteiger partial charge in [-0.15, -0.1) is 0 Å². The van der Waals surface area contributed by atoms with Crippen LogP contribution in [-0.2, 0) is 0 Å². The summed E-state index contributed by atoms with van der Waals surface area (Å²) in [5, 5.41) is 15.6. The number of aromatic amines is 1. The SMILES string of the molecule is CCNC(c1cn[nH]n1)c1cc2cc(Cl)ccc2o1. The van der Waals surface area contributed by atoms with Crippen molar-refractivity contribution in [2.75, 3.05) is 6.54 Å². The van der Waals surface area contributed by atoms with Crippen molar-refractivity contribution < 1.29 is 4.42 Å². The molecule has 0 radical (unpaired) electrons. The summed E-state index contributed by atoms with van der Waals surface area (Å²) in [6.45, 7) is 2.84. The molecule has 0 spiro atoms. The van der Waals surface area contributed by atoms with Crippen LogP contribution in [0, 0.1) is 0 Å². The van der Waals surface area contributed by atoms with Gasteiger partial charge in [0.25, 0.3) is 0 Å². The van der Waals surface area contributed by atoms with E-state index in [1.807, 2.05) is 31.2 Å². The topological polar surface area (TPSA) is 66.7 Å². The molecule has 3 rings (SSSR count). The first-order valence-corrected chi connectivity index (χ1v) is 6.43. The maximum atomic E-state index is 5.98. The van der Waals surface area contributed by atoms with E-state index >= 15 is 0 Å². The number of aromatic nitrogens is 3. The standard InChI is InChI=1S/C13H13ClN4O/c1-2-15-13(10-7-16-18-17-10)12-6-8-5-9(14)3-4-11(8)19-12/h3-7,13,15H,2H2,1H3,(H,16,17,18). The van der Waals surface area contributed by atoms with Crippen LogP contribution >= 0.6 is 11.6 Å². The minimum atomic E-state index is -0.116. The molecule has 19 heavy (non-hydrogen) atoms. The molecule has 0 amide bonds. The van der Waals surface area contributed by atoms with Crippen molar-refractivity contribution in [2.24, 2.45) is 0 Å². The third-order valence-electron chi connectivity index (χ3n) is 2.92. The lowest BCUT2D eigenvalue weighted by Gasteiger charge is -2.11. The largest absolute Gasteiger partial charge is 0.459 e. The minimum Gasteiger partial charge on any atom is -0.459 e. The zero-order valence-corrected chi connectivity index (χ0v) is 11.1. The number of nitrogens with zero attached hydrogens (tertiary/aromatic N) is 2. The molecule has 1 unspecified atom stereocenters. The summed E-state index contributed by atoms with van der Waals surface area (Å²) in [5.41, 5.74) is 1.61. The molecule has 6 heteroatoms. The Morgan fingerprint density at radius 1 is 1.42 bits per heavy atom. The highest BCUT2D eigenvalue weighted by Crippen LogP contribution is 2.28. The molecule has 0 aliphatic rings. The molecule has 0 aliphatic carbocycles. The molecular weight excluding hydrogens is 264 g/mol. The second-order valence-electron chi connectivity index (χ2n) is 4.22. The summed E-state index contributed by atoms with van der Waals surface area (Å²) in [4.78, 5) is 0. The maximum absolute atomic E-state index is 5.98. The normalized spacial score (nSPS) is 12.9. The van der Waals surface area contributed by atoms with Gasteiger partial charge >= 0.3 is 0 Å². The van der Waals surface area contributed by atoms with Crippen LogP contribution in [0.4, 0.5) is 0 Å². The Morgan fingerprint density at radius 2 is 2.32 bits per heavy atom. The monoisotopic (exact) mass is 276 g/mol. The molecule has 2 N–H and O–H groups in total. The quantitative estimate of drug-likeness (QED) is 0.769. The number of nitrogens with one attached hydrogen (secondary N) is 2. The first kappa shape index (κ1) is 12.2. The molecule has 2 aromatic heterocycles. The third-order valence-corrected chi connectivity index (χ3v) is 3.15. The predicted molar refractivity (Wildman–Crippen MR) is 73.1 cm³/mol. The zero-order chi connectivity index (χ0) is 13.2. The predicted octanol–water partition coefficient (Wildman–Crippen LogP) is 2.90. The van der Waals surface area contributed by atoms with E-state index in [2.05, 4.69) is 20.7 Å². The first-order chi connectivity index (χ1) is 9.28. The summed E-state index contributed by atoms with van der Waals surface area (Å²) in [7, 11) is 0. The molecule has 1 atom stereocenters. The number of rotatable bonds is 4. The maximum Gasteiger partial charge on any atom is 0.134 e. The average Bonchev–Trinajstić information content (AvgIpc) is 3.04. The van der Waals surface area contributed by atoms with Crippen molar-refractivity contribution in [3.05, 3.63) is 46.9 Å². The Bertz CT molecular complexity index is 677. The average molecular weight is 277 g/mol. The molecule has 1 aromatic carbocycles. The fraction of sp³-hybridized carbons (Fsp3) is 0.231. The number of halogens is 1. The van der Waals surface area contributed by atoms with Gasteiger partial charge in [0.15, 0.2) is 0 Å². The van der Waals surface area contributed by atoms with Gasteiger partial charge in [-0.3, -0.25) is 0 Å². The molecule has 3 aromatic rings. The van der Waals surface area contributed by atoms with Crippen molar-refractivity contribution in [3.8, 4) is 0 Å². The fourth-order valence-corrected chi connectivity index (χ4v) is 2.26. The second-order valence-corrected chi connectivity index (χ2v) is 4.65. The summed E-state index contributed by atoms with van der Waals surface area (Å²) in [6, 6.07) is 7.43. The number of fused-ring (bicyclic) bond motifs is 1. The lowest BCUT2D eigenvalue weighted by molar-refractivity contribution is 0.471. The van der Waals surface area contributed by atoms with Crippen molar-refractivity contribution in [3.63, 3.8) is 0 Å². The Hall–Kier alpha value is -1.85. The minimum absolute atomic E-state index is 0.116. The zero-order valence-electron chi connectivity index (χ0n) is 10.4. The van der Waals surface area contributed by atoms with Gasteiger partial charge in [0, 0.05) is 10.4 Å². The van der Waals surface area contributed by atoms with Crippen LogP contribution in [0.3, 0.4) is 0 Å². The van der Waals surface area contributed by atoms with Crippen molar-refractivity contribution in [1.29, 1.82) is 0 Å². The van der Waals surface area contributed by atoms with Gasteiger partial charge in [0.2, 0.25) is 0 Å². The molecule has 0 fully saturated rings. The Balaban J connectivity index is 2.05. The molecular formula is C13H13ClN4O. The highest BCUT2D eigenvalue weighted by Gasteiger charge is 2.20. The molecule has 0 saturated heterocycles. The molecule has 0 aliphatic heterocycles. The van der Waals surface area contributed by atoms with Gasteiger partial charge in [0.05, 0.1) is 6.20 Å². The van der Waals surface area contributed by atoms with Gasteiger partial charge in [0.1, 0.15) is 23.1 Å².